The molecule has 0 heterocycles. The van der Waals surface area contributed by atoms with Crippen LogP contribution < -0.4 is 9.62 Å². The van der Waals surface area contributed by atoms with Gasteiger partial charge in [0.15, 0.2) is 0 Å². The predicted octanol–water partition coefficient (Wildman–Crippen LogP) is 7.76. The Morgan fingerprint density at radius 1 is 0.854 bits per heavy atom. The molecule has 0 radical (unpaired) electrons. The summed E-state index contributed by atoms with van der Waals surface area (Å²) in [5, 5.41) is 3.03. The van der Waals surface area contributed by atoms with Crippen molar-refractivity contribution in [3.8, 4) is 0 Å². The zero-order chi connectivity index (χ0) is 35.1. The standard InChI is InChI=1S/C35H34Cl2F3N3O4S/c1-3-24(2)41-34(45)32(20-25-10-6-4-7-11-25)42(22-26-14-17-28(36)18-15-26)33(44)23-43(48(46,47)29-12-8-5-9-13-29)31-21-27(35(38,39)40)16-19-30(31)37/h4-19,21,24,32H,3,20,22-23H2,1-2H3,(H,41,45)/t24-,32+/m0/s1. The fraction of sp³-hybridized carbons (Fsp3) is 0.257. The molecule has 0 fully saturated rings. The number of hydrogen-bond acceptors (Lipinski definition) is 4. The number of benzene rings is 4. The number of nitrogens with zero attached hydrogens (tertiary/aromatic N) is 2. The summed E-state index contributed by atoms with van der Waals surface area (Å²) in [5.41, 5.74) is -0.392. The van der Waals surface area contributed by atoms with Crippen LogP contribution in [0.25, 0.3) is 0 Å². The van der Waals surface area contributed by atoms with Gasteiger partial charge in [-0.25, -0.2) is 8.42 Å². The zero-order valence-electron chi connectivity index (χ0n) is 26.1. The highest BCUT2D eigenvalue weighted by atomic mass is 35.5. The summed E-state index contributed by atoms with van der Waals surface area (Å²) in [6.45, 7) is 2.59. The molecular formula is C35H34Cl2F3N3O4S. The van der Waals surface area contributed by atoms with E-state index in [2.05, 4.69) is 5.32 Å². The maximum Gasteiger partial charge on any atom is 0.416 e. The second kappa shape index (κ2) is 15.9. The Bertz CT molecular complexity index is 1810. The molecule has 0 bridgehead atoms. The summed E-state index contributed by atoms with van der Waals surface area (Å²) in [6, 6.07) is 23.4. The third kappa shape index (κ3) is 9.30. The van der Waals surface area contributed by atoms with Crippen LogP contribution in [-0.2, 0) is 38.8 Å². The molecule has 48 heavy (non-hydrogen) atoms. The van der Waals surface area contributed by atoms with Gasteiger partial charge in [0.1, 0.15) is 12.6 Å². The lowest BCUT2D eigenvalue weighted by Gasteiger charge is -2.34. The van der Waals surface area contributed by atoms with E-state index in [0.717, 1.165) is 17.7 Å². The summed E-state index contributed by atoms with van der Waals surface area (Å²) in [5.74, 6) is -1.33. The van der Waals surface area contributed by atoms with Gasteiger partial charge in [0.05, 0.1) is 21.2 Å². The number of alkyl halides is 3. The van der Waals surface area contributed by atoms with Gasteiger partial charge in [0, 0.05) is 24.0 Å². The van der Waals surface area contributed by atoms with E-state index in [1.54, 1.807) is 60.7 Å². The molecule has 13 heteroatoms. The van der Waals surface area contributed by atoms with Gasteiger partial charge in [-0.1, -0.05) is 90.8 Å². The van der Waals surface area contributed by atoms with Crippen molar-refractivity contribution in [3.63, 3.8) is 0 Å². The highest BCUT2D eigenvalue weighted by Gasteiger charge is 2.37. The molecule has 0 aliphatic carbocycles. The quantitative estimate of drug-likeness (QED) is 0.153. The minimum Gasteiger partial charge on any atom is -0.352 e. The minimum absolute atomic E-state index is 0.0676. The average molecular weight is 721 g/mol. The maximum absolute atomic E-state index is 14.5. The van der Waals surface area contributed by atoms with Crippen molar-refractivity contribution in [2.45, 2.75) is 56.4 Å². The molecule has 0 aliphatic rings. The Labute approximate surface area is 288 Å². The molecule has 254 valence electrons. The number of hydrogen-bond donors (Lipinski definition) is 1. The Morgan fingerprint density at radius 3 is 2.04 bits per heavy atom. The van der Waals surface area contributed by atoms with Crippen molar-refractivity contribution in [3.05, 3.63) is 130 Å². The normalized spacial score (nSPS) is 13.0. The third-order valence-electron chi connectivity index (χ3n) is 7.69. The Morgan fingerprint density at radius 2 is 1.46 bits per heavy atom. The molecule has 4 aromatic rings. The fourth-order valence-electron chi connectivity index (χ4n) is 4.89. The van der Waals surface area contributed by atoms with Crippen LogP contribution in [0.4, 0.5) is 18.9 Å². The fourth-order valence-corrected chi connectivity index (χ4v) is 6.74. The molecule has 0 saturated heterocycles. The monoisotopic (exact) mass is 719 g/mol. The van der Waals surface area contributed by atoms with E-state index in [1.165, 1.54) is 29.2 Å². The van der Waals surface area contributed by atoms with Crippen LogP contribution in [-0.4, -0.2) is 43.8 Å². The number of amides is 2. The van der Waals surface area contributed by atoms with E-state index >= 15 is 0 Å². The number of carbonyl (C=O) groups excluding carboxylic acids is 2. The van der Waals surface area contributed by atoms with Crippen LogP contribution in [0.15, 0.2) is 108 Å². The van der Waals surface area contributed by atoms with Crippen LogP contribution >= 0.6 is 23.2 Å². The molecule has 2 atom stereocenters. The van der Waals surface area contributed by atoms with Crippen molar-refractivity contribution in [1.82, 2.24) is 10.2 Å². The molecule has 4 rings (SSSR count). The van der Waals surface area contributed by atoms with Gasteiger partial charge in [-0.15, -0.1) is 0 Å². The van der Waals surface area contributed by atoms with Crippen molar-refractivity contribution in [2.24, 2.45) is 0 Å². The first-order valence-electron chi connectivity index (χ1n) is 15.0. The largest absolute Gasteiger partial charge is 0.416 e. The molecule has 0 unspecified atom stereocenters. The Balaban J connectivity index is 1.87. The topological polar surface area (TPSA) is 86.8 Å². The van der Waals surface area contributed by atoms with Crippen LogP contribution in [0.1, 0.15) is 37.0 Å². The number of nitrogens with one attached hydrogen (secondary N) is 1. The number of carbonyl (C=O) groups is 2. The van der Waals surface area contributed by atoms with Crippen LogP contribution in [0.3, 0.4) is 0 Å². The second-order valence-electron chi connectivity index (χ2n) is 11.2. The lowest BCUT2D eigenvalue weighted by molar-refractivity contribution is -0.140. The number of halogens is 5. The van der Waals surface area contributed by atoms with E-state index in [0.29, 0.717) is 27.4 Å². The number of rotatable bonds is 13. The smallest absolute Gasteiger partial charge is 0.352 e. The van der Waals surface area contributed by atoms with Gasteiger partial charge < -0.3 is 10.2 Å². The highest BCUT2D eigenvalue weighted by molar-refractivity contribution is 7.92. The van der Waals surface area contributed by atoms with Gasteiger partial charge in [0.2, 0.25) is 11.8 Å². The van der Waals surface area contributed by atoms with Crippen molar-refractivity contribution in [2.75, 3.05) is 10.8 Å². The highest BCUT2D eigenvalue weighted by Crippen LogP contribution is 2.37. The first-order chi connectivity index (χ1) is 22.7. The SMILES string of the molecule is CC[C@H](C)NC(=O)[C@@H](Cc1ccccc1)N(Cc1ccc(Cl)cc1)C(=O)CN(c1cc(C(F)(F)F)ccc1Cl)S(=O)(=O)c1ccccc1. The first-order valence-corrected chi connectivity index (χ1v) is 17.2. The molecule has 0 spiro atoms. The average Bonchev–Trinajstić information content (AvgIpc) is 3.06. The summed E-state index contributed by atoms with van der Waals surface area (Å²) in [7, 11) is -4.66. The first kappa shape index (κ1) is 36.8. The molecule has 7 nitrogen and oxygen atoms in total. The molecule has 0 aliphatic heterocycles. The molecular weight excluding hydrogens is 686 g/mol. The number of sulfonamides is 1. The predicted molar refractivity (Wildman–Crippen MR) is 181 cm³/mol. The lowest BCUT2D eigenvalue weighted by atomic mass is 10.0. The van der Waals surface area contributed by atoms with Gasteiger partial charge in [-0.2, -0.15) is 13.2 Å². The van der Waals surface area contributed by atoms with Crippen LogP contribution in [0, 0.1) is 0 Å². The molecule has 0 aromatic heterocycles. The maximum atomic E-state index is 14.5. The van der Waals surface area contributed by atoms with E-state index in [-0.39, 0.29) is 28.9 Å². The third-order valence-corrected chi connectivity index (χ3v) is 10.0. The van der Waals surface area contributed by atoms with Crippen molar-refractivity contribution >= 4 is 50.7 Å². The van der Waals surface area contributed by atoms with E-state index < -0.39 is 51.9 Å². The Kier molecular flexibility index (Phi) is 12.2. The second-order valence-corrected chi connectivity index (χ2v) is 13.9. The molecule has 0 saturated carbocycles. The van der Waals surface area contributed by atoms with Crippen molar-refractivity contribution < 1.29 is 31.2 Å². The number of anilines is 1. The van der Waals surface area contributed by atoms with Crippen LogP contribution in [0.2, 0.25) is 10.0 Å². The van der Waals surface area contributed by atoms with E-state index in [4.69, 9.17) is 23.2 Å². The lowest BCUT2D eigenvalue weighted by Crippen LogP contribution is -2.54. The van der Waals surface area contributed by atoms with Crippen molar-refractivity contribution in [1.29, 1.82) is 0 Å². The van der Waals surface area contributed by atoms with Gasteiger partial charge in [0.25, 0.3) is 10.0 Å². The van der Waals surface area contributed by atoms with Gasteiger partial charge >= 0.3 is 6.18 Å². The summed E-state index contributed by atoms with van der Waals surface area (Å²) >= 11 is 12.5. The van der Waals surface area contributed by atoms with E-state index in [1.807, 2.05) is 13.8 Å². The molecule has 1 N–H and O–H groups in total. The summed E-state index contributed by atoms with van der Waals surface area (Å²) in [4.78, 5) is 29.4. The van der Waals surface area contributed by atoms with Gasteiger partial charge in [-0.05, 0) is 66.9 Å². The molecule has 4 aromatic carbocycles. The Hall–Kier alpha value is -4.06. The van der Waals surface area contributed by atoms with Crippen LogP contribution in [0.5, 0.6) is 0 Å². The van der Waals surface area contributed by atoms with E-state index in [9.17, 15) is 31.2 Å². The molecule has 2 amide bonds. The van der Waals surface area contributed by atoms with Gasteiger partial charge in [-0.3, -0.25) is 13.9 Å². The summed E-state index contributed by atoms with van der Waals surface area (Å²) in [6.07, 6.45) is -4.16. The minimum atomic E-state index is -4.83. The zero-order valence-corrected chi connectivity index (χ0v) is 28.5. The summed E-state index contributed by atoms with van der Waals surface area (Å²) < 4.78 is 70.3.